The summed E-state index contributed by atoms with van der Waals surface area (Å²) in [6.45, 7) is 8.75. The minimum Gasteiger partial charge on any atom is -0.497 e. The molecule has 1 N–H and O–H groups in total. The normalized spacial score (nSPS) is 16.6. The number of hydrogen-bond donors (Lipinski definition) is 1. The first-order valence-electron chi connectivity index (χ1n) is 9.90. The fraction of sp³-hybridized carbons (Fsp3) is 0.435. The van der Waals surface area contributed by atoms with Gasteiger partial charge in [-0.2, -0.15) is 0 Å². The number of carbonyl (C=O) groups excluding carboxylic acids is 1. The van der Waals surface area contributed by atoms with Crippen LogP contribution >= 0.6 is 0 Å². The second-order valence-corrected chi connectivity index (χ2v) is 7.64. The number of likely N-dealkylation sites (N-methyl/N-ethyl adjacent to an activating group) is 1. The van der Waals surface area contributed by atoms with E-state index in [1.807, 2.05) is 37.3 Å². The Bertz CT molecular complexity index is 796. The van der Waals surface area contributed by atoms with E-state index in [2.05, 4.69) is 41.2 Å². The van der Waals surface area contributed by atoms with Crippen molar-refractivity contribution in [3.05, 3.63) is 64.7 Å². The number of carbonyl (C=O) groups is 1. The lowest BCUT2D eigenvalue weighted by atomic mass is 10.0. The van der Waals surface area contributed by atoms with Crippen molar-refractivity contribution < 1.29 is 9.53 Å². The lowest BCUT2D eigenvalue weighted by molar-refractivity contribution is 0.0886. The molecule has 2 aromatic carbocycles. The Morgan fingerprint density at radius 1 is 1.04 bits per heavy atom. The molecule has 0 saturated carbocycles. The number of benzene rings is 2. The van der Waals surface area contributed by atoms with Gasteiger partial charge in [-0.3, -0.25) is 9.69 Å². The number of rotatable bonds is 6. The SMILES string of the molecule is COc1ccc([C@H](CNC(=O)c2ccc(C)c(C)c2)N2CCN(C)CC2)cc1. The van der Waals surface area contributed by atoms with Crippen molar-refractivity contribution in [3.63, 3.8) is 0 Å². The van der Waals surface area contributed by atoms with Crippen molar-refractivity contribution in [2.45, 2.75) is 19.9 Å². The quantitative estimate of drug-likeness (QED) is 0.835. The molecule has 3 rings (SSSR count). The molecule has 1 amide bonds. The molecule has 0 aromatic heterocycles. The number of methoxy groups -OCH3 is 1. The molecule has 0 aliphatic carbocycles. The zero-order valence-corrected chi connectivity index (χ0v) is 17.4. The van der Waals surface area contributed by atoms with Crippen LogP contribution in [0.3, 0.4) is 0 Å². The molecule has 2 aromatic rings. The Labute approximate surface area is 168 Å². The van der Waals surface area contributed by atoms with Gasteiger partial charge in [0.15, 0.2) is 0 Å². The summed E-state index contributed by atoms with van der Waals surface area (Å²) in [4.78, 5) is 17.5. The van der Waals surface area contributed by atoms with Gasteiger partial charge in [0.05, 0.1) is 13.2 Å². The Morgan fingerprint density at radius 2 is 1.71 bits per heavy atom. The Hall–Kier alpha value is -2.37. The molecule has 5 heteroatoms. The molecule has 0 bridgehead atoms. The maximum Gasteiger partial charge on any atom is 0.251 e. The van der Waals surface area contributed by atoms with Crippen molar-refractivity contribution in [3.8, 4) is 5.75 Å². The highest BCUT2D eigenvalue weighted by Crippen LogP contribution is 2.24. The lowest BCUT2D eigenvalue weighted by Crippen LogP contribution is -2.48. The van der Waals surface area contributed by atoms with E-state index in [1.165, 1.54) is 11.1 Å². The van der Waals surface area contributed by atoms with E-state index in [1.54, 1.807) is 7.11 Å². The van der Waals surface area contributed by atoms with E-state index >= 15 is 0 Å². The van der Waals surface area contributed by atoms with E-state index in [0.29, 0.717) is 6.54 Å². The molecule has 150 valence electrons. The molecule has 1 saturated heterocycles. The summed E-state index contributed by atoms with van der Waals surface area (Å²) in [6.07, 6.45) is 0. The summed E-state index contributed by atoms with van der Waals surface area (Å²) in [6, 6.07) is 14.2. The predicted octanol–water partition coefficient (Wildman–Crippen LogP) is 3.03. The van der Waals surface area contributed by atoms with Crippen LogP contribution in [0.25, 0.3) is 0 Å². The van der Waals surface area contributed by atoms with Gasteiger partial charge in [0.1, 0.15) is 5.75 Å². The molecule has 5 nitrogen and oxygen atoms in total. The summed E-state index contributed by atoms with van der Waals surface area (Å²) >= 11 is 0. The number of piperazine rings is 1. The molecular weight excluding hydrogens is 350 g/mol. The highest BCUT2D eigenvalue weighted by atomic mass is 16.5. The molecule has 1 heterocycles. The summed E-state index contributed by atoms with van der Waals surface area (Å²) in [5.41, 5.74) is 4.25. The summed E-state index contributed by atoms with van der Waals surface area (Å²) < 4.78 is 5.30. The van der Waals surface area contributed by atoms with Crippen molar-refractivity contribution in [2.24, 2.45) is 0 Å². The lowest BCUT2D eigenvalue weighted by Gasteiger charge is -2.38. The molecule has 0 unspecified atom stereocenters. The van der Waals surface area contributed by atoms with Gasteiger partial charge in [0.25, 0.3) is 5.91 Å². The van der Waals surface area contributed by atoms with Crippen LogP contribution in [0.15, 0.2) is 42.5 Å². The van der Waals surface area contributed by atoms with Gasteiger partial charge in [-0.1, -0.05) is 18.2 Å². The van der Waals surface area contributed by atoms with Gasteiger partial charge < -0.3 is 15.0 Å². The van der Waals surface area contributed by atoms with Gasteiger partial charge in [-0.25, -0.2) is 0 Å². The highest BCUT2D eigenvalue weighted by molar-refractivity contribution is 5.94. The molecule has 1 atom stereocenters. The number of nitrogens with zero attached hydrogens (tertiary/aromatic N) is 2. The zero-order valence-electron chi connectivity index (χ0n) is 17.4. The average molecular weight is 382 g/mol. The zero-order chi connectivity index (χ0) is 20.1. The number of aryl methyl sites for hydroxylation is 2. The van der Waals surface area contributed by atoms with Crippen LogP contribution in [0, 0.1) is 13.8 Å². The molecule has 1 fully saturated rings. The second kappa shape index (κ2) is 9.22. The largest absolute Gasteiger partial charge is 0.497 e. The third kappa shape index (κ3) is 4.91. The number of amides is 1. The number of ether oxygens (including phenoxy) is 1. The Kier molecular flexibility index (Phi) is 6.70. The Morgan fingerprint density at radius 3 is 2.32 bits per heavy atom. The fourth-order valence-electron chi connectivity index (χ4n) is 3.59. The smallest absolute Gasteiger partial charge is 0.251 e. The first-order chi connectivity index (χ1) is 13.5. The van der Waals surface area contributed by atoms with Crippen LogP contribution in [-0.4, -0.2) is 62.6 Å². The molecule has 0 radical (unpaired) electrons. The maximum atomic E-state index is 12.7. The van der Waals surface area contributed by atoms with Gasteiger partial charge in [-0.15, -0.1) is 0 Å². The fourth-order valence-corrected chi connectivity index (χ4v) is 3.59. The van der Waals surface area contributed by atoms with Crippen LogP contribution in [0.4, 0.5) is 0 Å². The number of hydrogen-bond acceptors (Lipinski definition) is 4. The molecule has 1 aliphatic rings. The summed E-state index contributed by atoms with van der Waals surface area (Å²) in [5.74, 6) is 0.829. The van der Waals surface area contributed by atoms with Gasteiger partial charge >= 0.3 is 0 Å². The van der Waals surface area contributed by atoms with Gasteiger partial charge in [0.2, 0.25) is 0 Å². The van der Waals surface area contributed by atoms with Crippen LogP contribution in [0.5, 0.6) is 5.75 Å². The van der Waals surface area contributed by atoms with Crippen molar-refractivity contribution in [2.75, 3.05) is 46.9 Å². The highest BCUT2D eigenvalue weighted by Gasteiger charge is 2.24. The van der Waals surface area contributed by atoms with Crippen LogP contribution < -0.4 is 10.1 Å². The summed E-state index contributed by atoms with van der Waals surface area (Å²) in [5, 5.41) is 3.16. The molecular formula is C23H31N3O2. The van der Waals surface area contributed by atoms with Crippen LogP contribution in [0.1, 0.15) is 33.1 Å². The van der Waals surface area contributed by atoms with E-state index in [9.17, 15) is 4.79 Å². The van der Waals surface area contributed by atoms with E-state index in [4.69, 9.17) is 4.74 Å². The Balaban J connectivity index is 1.74. The van der Waals surface area contributed by atoms with Crippen molar-refractivity contribution >= 4 is 5.91 Å². The standard InChI is InChI=1S/C23H31N3O2/c1-17-5-6-20(15-18(17)2)23(27)24-16-22(26-13-11-25(3)12-14-26)19-7-9-21(28-4)10-8-19/h5-10,15,22H,11-14,16H2,1-4H3,(H,24,27)/t22-/m0/s1. The van der Waals surface area contributed by atoms with Crippen LogP contribution in [0.2, 0.25) is 0 Å². The van der Waals surface area contributed by atoms with Crippen LogP contribution in [-0.2, 0) is 0 Å². The monoisotopic (exact) mass is 381 g/mol. The van der Waals surface area contributed by atoms with Crippen molar-refractivity contribution in [1.29, 1.82) is 0 Å². The first-order valence-corrected chi connectivity index (χ1v) is 9.90. The average Bonchev–Trinajstić information content (AvgIpc) is 2.71. The summed E-state index contributed by atoms with van der Waals surface area (Å²) in [7, 11) is 3.83. The maximum absolute atomic E-state index is 12.7. The van der Waals surface area contributed by atoms with E-state index in [0.717, 1.165) is 43.1 Å². The minimum atomic E-state index is -0.0178. The third-order valence-corrected chi connectivity index (χ3v) is 5.70. The van der Waals surface area contributed by atoms with Crippen molar-refractivity contribution in [1.82, 2.24) is 15.1 Å². The third-order valence-electron chi connectivity index (χ3n) is 5.70. The topological polar surface area (TPSA) is 44.8 Å². The first kappa shape index (κ1) is 20.4. The predicted molar refractivity (Wildman–Crippen MR) is 113 cm³/mol. The van der Waals surface area contributed by atoms with Gasteiger partial charge in [-0.05, 0) is 61.9 Å². The molecule has 0 spiro atoms. The van der Waals surface area contributed by atoms with Gasteiger partial charge in [0, 0.05) is 38.3 Å². The molecule has 28 heavy (non-hydrogen) atoms. The molecule has 1 aliphatic heterocycles. The minimum absolute atomic E-state index is 0.0178. The van der Waals surface area contributed by atoms with E-state index in [-0.39, 0.29) is 11.9 Å². The van der Waals surface area contributed by atoms with E-state index < -0.39 is 0 Å². The second-order valence-electron chi connectivity index (χ2n) is 7.64. The number of nitrogens with one attached hydrogen (secondary N) is 1.